The topological polar surface area (TPSA) is 75.5 Å². The number of nitrogens with one attached hydrogen (secondary N) is 1. The van der Waals surface area contributed by atoms with Crippen molar-refractivity contribution in [2.45, 2.75) is 0 Å². The fourth-order valence-electron chi connectivity index (χ4n) is 1.95. The number of para-hydroxylation sites is 1. The van der Waals surface area contributed by atoms with Gasteiger partial charge < -0.3 is 10.2 Å². The maximum absolute atomic E-state index is 11.9. The molecule has 1 fully saturated rings. The number of carbonyl (C=O) groups excluding carboxylic acids is 1. The number of amides is 1. The summed E-state index contributed by atoms with van der Waals surface area (Å²) in [6.07, 6.45) is 2.90. The van der Waals surface area contributed by atoms with Gasteiger partial charge in [0.2, 0.25) is 5.91 Å². The lowest BCUT2D eigenvalue weighted by molar-refractivity contribution is -0.385. The van der Waals surface area contributed by atoms with Crippen LogP contribution in [0, 0.1) is 10.1 Å². The van der Waals surface area contributed by atoms with Crippen LogP contribution in [0.15, 0.2) is 30.3 Å². The van der Waals surface area contributed by atoms with Crippen molar-refractivity contribution in [3.05, 3.63) is 46.0 Å². The van der Waals surface area contributed by atoms with Gasteiger partial charge in [-0.15, -0.1) is 0 Å². The Morgan fingerprint density at radius 3 is 2.68 bits per heavy atom. The van der Waals surface area contributed by atoms with Crippen LogP contribution in [0.4, 0.5) is 5.69 Å². The third-order valence-corrected chi connectivity index (χ3v) is 2.97. The van der Waals surface area contributed by atoms with E-state index in [0.717, 1.165) is 13.1 Å². The Kier molecular flexibility index (Phi) is 4.25. The van der Waals surface area contributed by atoms with Crippen LogP contribution in [0.2, 0.25) is 0 Å². The quantitative estimate of drug-likeness (QED) is 0.501. The molecule has 1 aliphatic heterocycles. The van der Waals surface area contributed by atoms with Gasteiger partial charge in [-0.25, -0.2) is 0 Å². The van der Waals surface area contributed by atoms with Crippen molar-refractivity contribution in [2.75, 3.05) is 26.2 Å². The van der Waals surface area contributed by atoms with Crippen LogP contribution in [-0.4, -0.2) is 41.9 Å². The highest BCUT2D eigenvalue weighted by molar-refractivity contribution is 5.92. The lowest BCUT2D eigenvalue weighted by Crippen LogP contribution is -2.45. The minimum absolute atomic E-state index is 0.00635. The molecule has 0 radical (unpaired) electrons. The van der Waals surface area contributed by atoms with Crippen LogP contribution in [0.25, 0.3) is 6.08 Å². The van der Waals surface area contributed by atoms with Crippen molar-refractivity contribution in [2.24, 2.45) is 0 Å². The van der Waals surface area contributed by atoms with Crippen LogP contribution < -0.4 is 5.32 Å². The Hall–Kier alpha value is -2.21. The van der Waals surface area contributed by atoms with Crippen LogP contribution >= 0.6 is 0 Å². The summed E-state index contributed by atoms with van der Waals surface area (Å²) in [4.78, 5) is 24.0. The standard InChI is InChI=1S/C13H15N3O3/c17-13(15-9-7-14-8-10-15)6-5-11-3-1-2-4-12(11)16(18)19/h1-6,14H,7-10H2/b6-5+. The van der Waals surface area contributed by atoms with Gasteiger partial charge in [-0.3, -0.25) is 14.9 Å². The average molecular weight is 261 g/mol. The molecule has 0 unspecified atom stereocenters. The first-order valence-corrected chi connectivity index (χ1v) is 6.09. The number of hydrogen-bond donors (Lipinski definition) is 1. The van der Waals surface area contributed by atoms with Gasteiger partial charge in [0.1, 0.15) is 0 Å². The second kappa shape index (κ2) is 6.10. The Morgan fingerprint density at radius 2 is 2.00 bits per heavy atom. The smallest absolute Gasteiger partial charge is 0.276 e. The van der Waals surface area contributed by atoms with Crippen LogP contribution in [0.3, 0.4) is 0 Å². The summed E-state index contributed by atoms with van der Waals surface area (Å²) in [5, 5.41) is 14.0. The van der Waals surface area contributed by atoms with Gasteiger partial charge in [-0.2, -0.15) is 0 Å². The molecule has 6 heteroatoms. The molecule has 2 rings (SSSR count). The van der Waals surface area contributed by atoms with E-state index in [9.17, 15) is 14.9 Å². The average Bonchev–Trinajstić information content (AvgIpc) is 2.46. The normalized spacial score (nSPS) is 15.7. The number of hydrogen-bond acceptors (Lipinski definition) is 4. The van der Waals surface area contributed by atoms with Crippen LogP contribution in [0.5, 0.6) is 0 Å². The molecule has 1 amide bonds. The van der Waals surface area contributed by atoms with E-state index in [0.29, 0.717) is 18.7 Å². The van der Waals surface area contributed by atoms with Crippen molar-refractivity contribution in [1.29, 1.82) is 0 Å². The lowest BCUT2D eigenvalue weighted by Gasteiger charge is -2.26. The van der Waals surface area contributed by atoms with Gasteiger partial charge in [0.25, 0.3) is 5.69 Å². The number of carbonyl (C=O) groups is 1. The molecule has 0 atom stereocenters. The highest BCUT2D eigenvalue weighted by atomic mass is 16.6. The third kappa shape index (κ3) is 3.38. The molecule has 19 heavy (non-hydrogen) atoms. The van der Waals surface area contributed by atoms with E-state index in [2.05, 4.69) is 5.32 Å². The van der Waals surface area contributed by atoms with Gasteiger partial charge >= 0.3 is 0 Å². The predicted octanol–water partition coefficient (Wildman–Crippen LogP) is 1.04. The van der Waals surface area contributed by atoms with E-state index < -0.39 is 4.92 Å². The van der Waals surface area contributed by atoms with E-state index >= 15 is 0 Å². The molecule has 0 saturated carbocycles. The molecular formula is C13H15N3O3. The van der Waals surface area contributed by atoms with Crippen molar-refractivity contribution < 1.29 is 9.72 Å². The molecular weight excluding hydrogens is 246 g/mol. The SMILES string of the molecule is O=C(/C=C/c1ccccc1[N+](=O)[O-])N1CCNCC1. The Morgan fingerprint density at radius 1 is 1.32 bits per heavy atom. The summed E-state index contributed by atoms with van der Waals surface area (Å²) in [5.74, 6) is -0.111. The molecule has 6 nitrogen and oxygen atoms in total. The molecule has 100 valence electrons. The maximum Gasteiger partial charge on any atom is 0.276 e. The molecule has 0 aliphatic carbocycles. The summed E-state index contributed by atoms with van der Waals surface area (Å²) >= 11 is 0. The third-order valence-electron chi connectivity index (χ3n) is 2.97. The first-order chi connectivity index (χ1) is 9.18. The summed E-state index contributed by atoms with van der Waals surface area (Å²) < 4.78 is 0. The Labute approximate surface area is 110 Å². The highest BCUT2D eigenvalue weighted by Crippen LogP contribution is 2.18. The van der Waals surface area contributed by atoms with Gasteiger partial charge in [-0.1, -0.05) is 12.1 Å². The maximum atomic E-state index is 11.9. The van der Waals surface area contributed by atoms with Gasteiger partial charge in [-0.05, 0) is 12.1 Å². The monoisotopic (exact) mass is 261 g/mol. The van der Waals surface area contributed by atoms with E-state index in [4.69, 9.17) is 0 Å². The fraction of sp³-hybridized carbons (Fsp3) is 0.308. The second-order valence-electron chi connectivity index (χ2n) is 4.22. The van der Waals surface area contributed by atoms with E-state index in [1.807, 2.05) is 0 Å². The van der Waals surface area contributed by atoms with Gasteiger partial charge in [0, 0.05) is 38.3 Å². The van der Waals surface area contributed by atoms with Crippen LogP contribution in [0.1, 0.15) is 5.56 Å². The van der Waals surface area contributed by atoms with Crippen LogP contribution in [-0.2, 0) is 4.79 Å². The van der Waals surface area contributed by atoms with Crippen molar-refractivity contribution in [3.8, 4) is 0 Å². The first-order valence-electron chi connectivity index (χ1n) is 6.09. The largest absolute Gasteiger partial charge is 0.337 e. The highest BCUT2D eigenvalue weighted by Gasteiger charge is 2.14. The molecule has 1 saturated heterocycles. The van der Waals surface area contributed by atoms with E-state index in [1.165, 1.54) is 18.2 Å². The van der Waals surface area contributed by atoms with Crippen molar-refractivity contribution in [1.82, 2.24) is 10.2 Å². The van der Waals surface area contributed by atoms with Gasteiger partial charge in [0.05, 0.1) is 10.5 Å². The summed E-state index contributed by atoms with van der Waals surface area (Å²) in [6.45, 7) is 2.90. The summed E-state index contributed by atoms with van der Waals surface area (Å²) in [5.41, 5.74) is 0.447. The Balaban J connectivity index is 2.09. The first kappa shape index (κ1) is 13.2. The molecule has 1 aromatic rings. The van der Waals surface area contributed by atoms with Crippen molar-refractivity contribution >= 4 is 17.7 Å². The van der Waals surface area contributed by atoms with Gasteiger partial charge in [0.15, 0.2) is 0 Å². The number of nitrogens with zero attached hydrogens (tertiary/aromatic N) is 2. The second-order valence-corrected chi connectivity index (χ2v) is 4.22. The minimum Gasteiger partial charge on any atom is -0.337 e. The minimum atomic E-state index is -0.449. The van der Waals surface area contributed by atoms with E-state index in [1.54, 1.807) is 23.1 Å². The number of benzene rings is 1. The van der Waals surface area contributed by atoms with E-state index in [-0.39, 0.29) is 11.6 Å². The zero-order valence-corrected chi connectivity index (χ0v) is 10.4. The Bertz CT molecular complexity index is 508. The predicted molar refractivity (Wildman–Crippen MR) is 71.6 cm³/mol. The zero-order valence-electron chi connectivity index (χ0n) is 10.4. The molecule has 1 aromatic carbocycles. The number of piperazine rings is 1. The number of rotatable bonds is 3. The molecule has 0 spiro atoms. The number of nitro benzene ring substituents is 1. The fourth-order valence-corrected chi connectivity index (χ4v) is 1.95. The molecule has 0 bridgehead atoms. The summed E-state index contributed by atoms with van der Waals surface area (Å²) in [6, 6.07) is 6.37. The number of nitro groups is 1. The summed E-state index contributed by atoms with van der Waals surface area (Å²) in [7, 11) is 0. The zero-order chi connectivity index (χ0) is 13.7. The molecule has 1 N–H and O–H groups in total. The van der Waals surface area contributed by atoms with Crippen molar-refractivity contribution in [3.63, 3.8) is 0 Å². The molecule has 0 aromatic heterocycles. The molecule has 1 heterocycles. The lowest BCUT2D eigenvalue weighted by atomic mass is 10.1. The molecule has 1 aliphatic rings.